The fourth-order valence-corrected chi connectivity index (χ4v) is 1.85. The molecule has 1 aromatic carbocycles. The molecule has 0 aliphatic heterocycles. The van der Waals surface area contributed by atoms with Crippen molar-refractivity contribution >= 4 is 11.6 Å². The summed E-state index contributed by atoms with van der Waals surface area (Å²) in [6.07, 6.45) is 2.22. The highest BCUT2D eigenvalue weighted by atomic mass is 16.5. The van der Waals surface area contributed by atoms with Gasteiger partial charge in [-0.05, 0) is 30.5 Å². The molecule has 1 fully saturated rings. The van der Waals surface area contributed by atoms with Gasteiger partial charge in [-0.15, -0.1) is 0 Å². The summed E-state index contributed by atoms with van der Waals surface area (Å²) >= 11 is 0. The van der Waals surface area contributed by atoms with Crippen molar-refractivity contribution in [1.82, 2.24) is 5.16 Å². The number of aliphatic hydroxyl groups excluding tert-OH is 1. The van der Waals surface area contributed by atoms with Gasteiger partial charge in [-0.25, -0.2) is 0 Å². The molecule has 0 spiro atoms. The predicted octanol–water partition coefficient (Wildman–Crippen LogP) is 2.30. The van der Waals surface area contributed by atoms with Crippen molar-refractivity contribution in [2.45, 2.75) is 25.4 Å². The summed E-state index contributed by atoms with van der Waals surface area (Å²) < 4.78 is 5.14. The number of aliphatic hydroxyl groups is 1. The zero-order valence-electron chi connectivity index (χ0n) is 10.3. The van der Waals surface area contributed by atoms with E-state index in [0.29, 0.717) is 17.3 Å². The van der Waals surface area contributed by atoms with E-state index in [-0.39, 0.29) is 12.5 Å². The number of hydrogen-bond acceptors (Lipinski definition) is 4. The van der Waals surface area contributed by atoms with Gasteiger partial charge in [0.1, 0.15) is 5.76 Å². The molecule has 2 N–H and O–H groups in total. The molecule has 19 heavy (non-hydrogen) atoms. The van der Waals surface area contributed by atoms with E-state index in [1.807, 2.05) is 0 Å². The van der Waals surface area contributed by atoms with E-state index in [1.54, 1.807) is 30.3 Å². The Balaban J connectivity index is 1.68. The first-order valence-electron chi connectivity index (χ1n) is 6.24. The minimum atomic E-state index is -0.285. The Bertz CT molecular complexity index is 585. The lowest BCUT2D eigenvalue weighted by Crippen LogP contribution is -2.12. The molecule has 1 heterocycles. The minimum absolute atomic E-state index is 0.0116. The first-order valence-corrected chi connectivity index (χ1v) is 6.24. The lowest BCUT2D eigenvalue weighted by molar-refractivity contribution is 0.101. The van der Waals surface area contributed by atoms with Gasteiger partial charge < -0.3 is 14.9 Å². The topological polar surface area (TPSA) is 75.4 Å². The second kappa shape index (κ2) is 4.85. The van der Waals surface area contributed by atoms with Crippen molar-refractivity contribution in [3.8, 4) is 0 Å². The summed E-state index contributed by atoms with van der Waals surface area (Å²) in [7, 11) is 0. The van der Waals surface area contributed by atoms with E-state index in [1.165, 1.54) is 0 Å². The van der Waals surface area contributed by atoms with E-state index in [2.05, 4.69) is 10.5 Å². The van der Waals surface area contributed by atoms with Gasteiger partial charge in [0.2, 0.25) is 0 Å². The summed E-state index contributed by atoms with van der Waals surface area (Å²) in [5.74, 6) is 0.950. The second-order valence-corrected chi connectivity index (χ2v) is 4.70. The number of hydrogen-bond donors (Lipinski definition) is 2. The first-order chi connectivity index (χ1) is 9.26. The molecule has 5 nitrogen and oxygen atoms in total. The maximum atomic E-state index is 11.9. The van der Waals surface area contributed by atoms with Crippen LogP contribution in [0.1, 0.15) is 40.6 Å². The van der Waals surface area contributed by atoms with E-state index >= 15 is 0 Å². The number of carbonyl (C=O) groups is 1. The van der Waals surface area contributed by atoms with Gasteiger partial charge in [-0.3, -0.25) is 4.79 Å². The number of nitrogens with zero attached hydrogens (tertiary/aromatic N) is 1. The van der Waals surface area contributed by atoms with Gasteiger partial charge in [0.25, 0.3) is 5.91 Å². The minimum Gasteiger partial charge on any atom is -0.392 e. The smallest absolute Gasteiger partial charge is 0.277 e. The molecule has 5 heteroatoms. The summed E-state index contributed by atoms with van der Waals surface area (Å²) in [4.78, 5) is 11.9. The average Bonchev–Trinajstić information content (AvgIpc) is 3.17. The second-order valence-electron chi connectivity index (χ2n) is 4.70. The molecule has 0 bridgehead atoms. The molecule has 0 saturated heterocycles. The van der Waals surface area contributed by atoms with Gasteiger partial charge in [0, 0.05) is 17.7 Å². The van der Waals surface area contributed by atoms with Crippen LogP contribution < -0.4 is 5.32 Å². The summed E-state index contributed by atoms with van der Waals surface area (Å²) in [5.41, 5.74) is 1.77. The highest BCUT2D eigenvalue weighted by Gasteiger charge is 2.28. The van der Waals surface area contributed by atoms with Gasteiger partial charge in [-0.1, -0.05) is 17.3 Å². The molecule has 0 unspecified atom stereocenters. The van der Waals surface area contributed by atoms with Crippen molar-refractivity contribution < 1.29 is 14.4 Å². The number of nitrogens with one attached hydrogen (secondary N) is 1. The molecule has 1 aromatic heterocycles. The fraction of sp³-hybridized carbons (Fsp3) is 0.286. The van der Waals surface area contributed by atoms with Gasteiger partial charge in [0.05, 0.1) is 6.61 Å². The maximum absolute atomic E-state index is 11.9. The molecule has 2 aromatic rings. The largest absolute Gasteiger partial charge is 0.392 e. The third kappa shape index (κ3) is 2.66. The van der Waals surface area contributed by atoms with Gasteiger partial charge >= 0.3 is 0 Å². The first kappa shape index (κ1) is 11.9. The average molecular weight is 258 g/mol. The molecular weight excluding hydrogens is 244 g/mol. The Hall–Kier alpha value is -2.14. The van der Waals surface area contributed by atoms with Crippen molar-refractivity contribution in [2.75, 3.05) is 5.32 Å². The Morgan fingerprint density at radius 3 is 2.74 bits per heavy atom. The van der Waals surface area contributed by atoms with Crippen LogP contribution in [0.5, 0.6) is 0 Å². The normalized spacial score (nSPS) is 14.4. The molecule has 98 valence electrons. The van der Waals surface area contributed by atoms with Gasteiger partial charge in [-0.2, -0.15) is 0 Å². The monoisotopic (exact) mass is 258 g/mol. The third-order valence-electron chi connectivity index (χ3n) is 3.14. The van der Waals surface area contributed by atoms with Crippen molar-refractivity contribution in [3.05, 3.63) is 47.3 Å². The molecule has 1 aliphatic carbocycles. The number of benzene rings is 1. The van der Waals surface area contributed by atoms with Crippen molar-refractivity contribution in [2.24, 2.45) is 0 Å². The fourth-order valence-electron chi connectivity index (χ4n) is 1.85. The Labute approximate surface area is 110 Å². The zero-order chi connectivity index (χ0) is 13.2. The van der Waals surface area contributed by atoms with E-state index < -0.39 is 0 Å². The van der Waals surface area contributed by atoms with Crippen LogP contribution in [0.4, 0.5) is 5.69 Å². The molecule has 0 radical (unpaired) electrons. The number of carbonyl (C=O) groups excluding carboxylic acids is 1. The maximum Gasteiger partial charge on any atom is 0.277 e. The van der Waals surface area contributed by atoms with Crippen molar-refractivity contribution in [1.29, 1.82) is 0 Å². The third-order valence-corrected chi connectivity index (χ3v) is 3.14. The van der Waals surface area contributed by atoms with Crippen LogP contribution in [0.15, 0.2) is 34.9 Å². The van der Waals surface area contributed by atoms with E-state index in [9.17, 15) is 4.79 Å². The van der Waals surface area contributed by atoms with Crippen LogP contribution in [0, 0.1) is 0 Å². The Morgan fingerprint density at radius 2 is 2.11 bits per heavy atom. The Morgan fingerprint density at radius 1 is 1.37 bits per heavy atom. The highest BCUT2D eigenvalue weighted by Crippen LogP contribution is 2.40. The number of aromatic nitrogens is 1. The molecular formula is C14H14N2O3. The predicted molar refractivity (Wildman–Crippen MR) is 68.8 cm³/mol. The van der Waals surface area contributed by atoms with Crippen LogP contribution in [0.2, 0.25) is 0 Å². The summed E-state index contributed by atoms with van der Waals surface area (Å²) in [5, 5.41) is 15.5. The summed E-state index contributed by atoms with van der Waals surface area (Å²) in [6.45, 7) is -0.0116. The molecule has 0 atom stereocenters. The number of rotatable bonds is 4. The quantitative estimate of drug-likeness (QED) is 0.882. The lowest BCUT2D eigenvalue weighted by Gasteiger charge is -2.03. The lowest BCUT2D eigenvalue weighted by atomic mass is 10.2. The van der Waals surface area contributed by atoms with Crippen LogP contribution in [-0.2, 0) is 6.61 Å². The van der Waals surface area contributed by atoms with Crippen LogP contribution in [0.3, 0.4) is 0 Å². The number of amides is 1. The zero-order valence-corrected chi connectivity index (χ0v) is 10.3. The van der Waals surface area contributed by atoms with Crippen LogP contribution in [0.25, 0.3) is 0 Å². The molecule has 1 saturated carbocycles. The standard InChI is InChI=1S/C14H14N2O3/c17-8-9-1-5-11(6-2-9)15-14(18)12-7-13(19-16-12)10-3-4-10/h1-2,5-7,10,17H,3-4,8H2,(H,15,18). The molecule has 1 aliphatic rings. The molecule has 3 rings (SSSR count). The summed E-state index contributed by atoms with van der Waals surface area (Å²) in [6, 6.07) is 8.70. The van der Waals surface area contributed by atoms with Gasteiger partial charge in [0.15, 0.2) is 5.69 Å². The van der Waals surface area contributed by atoms with E-state index in [0.717, 1.165) is 24.2 Å². The molecule has 1 amide bonds. The highest BCUT2D eigenvalue weighted by molar-refractivity contribution is 6.02. The SMILES string of the molecule is O=C(Nc1ccc(CO)cc1)c1cc(C2CC2)on1. The van der Waals surface area contributed by atoms with Crippen molar-refractivity contribution in [3.63, 3.8) is 0 Å². The van der Waals surface area contributed by atoms with Crippen LogP contribution >= 0.6 is 0 Å². The number of anilines is 1. The Kier molecular flexibility index (Phi) is 3.05. The van der Waals surface area contributed by atoms with Crippen LogP contribution in [-0.4, -0.2) is 16.2 Å². The van der Waals surface area contributed by atoms with E-state index in [4.69, 9.17) is 9.63 Å².